The van der Waals surface area contributed by atoms with Crippen LogP contribution in [0, 0.1) is 11.7 Å². The van der Waals surface area contributed by atoms with Crippen LogP contribution in [0.5, 0.6) is 0 Å². The number of carbonyl (C=O) groups excluding carboxylic acids is 1. The number of rotatable bonds is 5. The van der Waals surface area contributed by atoms with E-state index < -0.39 is 0 Å². The van der Waals surface area contributed by atoms with Crippen LogP contribution in [0.1, 0.15) is 51.0 Å². The van der Waals surface area contributed by atoms with Crippen molar-refractivity contribution in [3.8, 4) is 0 Å². The lowest BCUT2D eigenvalue weighted by Gasteiger charge is -2.26. The van der Waals surface area contributed by atoms with E-state index >= 15 is 0 Å². The van der Waals surface area contributed by atoms with Crippen molar-refractivity contribution in [2.75, 3.05) is 19.6 Å². The molecule has 1 amide bonds. The van der Waals surface area contributed by atoms with Gasteiger partial charge in [-0.3, -0.25) is 4.79 Å². The molecular weight excluding hydrogens is 470 g/mol. The summed E-state index contributed by atoms with van der Waals surface area (Å²) in [6.07, 6.45) is 6.69. The number of amides is 1. The molecule has 1 aliphatic heterocycles. The number of benzene rings is 1. The van der Waals surface area contributed by atoms with E-state index in [1.807, 2.05) is 11.8 Å². The maximum Gasteiger partial charge on any atom is 0.225 e. The topological polar surface area (TPSA) is 56.7 Å². The van der Waals surface area contributed by atoms with E-state index in [0.717, 1.165) is 50.4 Å². The van der Waals surface area contributed by atoms with Crippen LogP contribution in [0.3, 0.4) is 0 Å². The molecule has 1 saturated carbocycles. The first-order valence-electron chi connectivity index (χ1n) is 10.2. The molecule has 0 bridgehead atoms. The second-order valence-corrected chi connectivity index (χ2v) is 7.57. The lowest BCUT2D eigenvalue weighted by atomic mass is 9.88. The first-order valence-corrected chi connectivity index (χ1v) is 10.2. The highest BCUT2D eigenvalue weighted by Gasteiger charge is 2.31. The highest BCUT2D eigenvalue weighted by atomic mass is 127. The van der Waals surface area contributed by atoms with Crippen LogP contribution in [0.15, 0.2) is 29.3 Å². The average molecular weight is 502 g/mol. The molecule has 1 aromatic rings. The molecule has 7 heteroatoms. The molecular formula is C21H32FIN4O. The van der Waals surface area contributed by atoms with Crippen LogP contribution in [0.4, 0.5) is 4.39 Å². The van der Waals surface area contributed by atoms with Gasteiger partial charge in [0.2, 0.25) is 5.91 Å². The lowest BCUT2D eigenvalue weighted by Crippen LogP contribution is -2.45. The lowest BCUT2D eigenvalue weighted by molar-refractivity contribution is -0.135. The smallest absolute Gasteiger partial charge is 0.225 e. The molecule has 1 saturated heterocycles. The van der Waals surface area contributed by atoms with Gasteiger partial charge < -0.3 is 15.5 Å². The van der Waals surface area contributed by atoms with Crippen LogP contribution in [0.25, 0.3) is 0 Å². The maximum absolute atomic E-state index is 13.0. The fourth-order valence-electron chi connectivity index (χ4n) is 3.96. The van der Waals surface area contributed by atoms with Gasteiger partial charge >= 0.3 is 0 Å². The Morgan fingerprint density at radius 3 is 2.57 bits per heavy atom. The van der Waals surface area contributed by atoms with Gasteiger partial charge in [-0.2, -0.15) is 0 Å². The zero-order valence-electron chi connectivity index (χ0n) is 16.6. The molecule has 2 fully saturated rings. The highest BCUT2D eigenvalue weighted by molar-refractivity contribution is 14.0. The van der Waals surface area contributed by atoms with E-state index in [4.69, 9.17) is 0 Å². The third-order valence-corrected chi connectivity index (χ3v) is 5.47. The molecule has 5 nitrogen and oxygen atoms in total. The van der Waals surface area contributed by atoms with Gasteiger partial charge in [0, 0.05) is 31.6 Å². The summed E-state index contributed by atoms with van der Waals surface area (Å²) in [5.41, 5.74) is 0.967. The standard InChI is InChI=1S/C21H31FN4O.HI/c1-2-23-21(24-14-16-8-10-18(22)11-9-16)25-19-12-13-26(15-19)20(27)17-6-4-3-5-7-17;/h8-11,17,19H,2-7,12-15H2,1H3,(H2,23,24,25);1H. The zero-order valence-corrected chi connectivity index (χ0v) is 19.0. The quantitative estimate of drug-likeness (QED) is 0.367. The molecule has 3 rings (SSSR count). The van der Waals surface area contributed by atoms with Crippen LogP contribution in [-0.2, 0) is 11.3 Å². The van der Waals surface area contributed by atoms with E-state index in [9.17, 15) is 9.18 Å². The van der Waals surface area contributed by atoms with Crippen molar-refractivity contribution < 1.29 is 9.18 Å². The van der Waals surface area contributed by atoms with Gasteiger partial charge in [-0.1, -0.05) is 31.4 Å². The third kappa shape index (κ3) is 6.60. The Balaban J connectivity index is 0.00000280. The molecule has 1 atom stereocenters. The van der Waals surface area contributed by atoms with Gasteiger partial charge in [0.05, 0.1) is 6.54 Å². The van der Waals surface area contributed by atoms with Crippen LogP contribution < -0.4 is 10.6 Å². The Morgan fingerprint density at radius 2 is 1.89 bits per heavy atom. The Morgan fingerprint density at radius 1 is 1.18 bits per heavy atom. The van der Waals surface area contributed by atoms with Crippen molar-refractivity contribution in [2.45, 2.75) is 58.0 Å². The fourth-order valence-corrected chi connectivity index (χ4v) is 3.96. The van der Waals surface area contributed by atoms with E-state index in [-0.39, 0.29) is 41.8 Å². The van der Waals surface area contributed by atoms with Gasteiger partial charge in [0.1, 0.15) is 5.82 Å². The minimum Gasteiger partial charge on any atom is -0.357 e. The minimum atomic E-state index is -0.235. The summed E-state index contributed by atoms with van der Waals surface area (Å²) in [6, 6.07) is 6.64. The first kappa shape index (κ1) is 22.9. The van der Waals surface area contributed by atoms with Crippen molar-refractivity contribution in [1.29, 1.82) is 0 Å². The number of guanidine groups is 1. The van der Waals surface area contributed by atoms with Crippen molar-refractivity contribution in [3.63, 3.8) is 0 Å². The minimum absolute atomic E-state index is 0. The molecule has 0 aromatic heterocycles. The van der Waals surface area contributed by atoms with Crippen LogP contribution >= 0.6 is 24.0 Å². The molecule has 28 heavy (non-hydrogen) atoms. The highest BCUT2D eigenvalue weighted by Crippen LogP contribution is 2.26. The molecule has 0 spiro atoms. The summed E-state index contributed by atoms with van der Waals surface area (Å²) >= 11 is 0. The molecule has 2 N–H and O–H groups in total. The monoisotopic (exact) mass is 502 g/mol. The van der Waals surface area contributed by atoms with E-state index in [2.05, 4.69) is 15.6 Å². The SMILES string of the molecule is CCNC(=NCc1ccc(F)cc1)NC1CCN(C(=O)C2CCCCC2)C1.I. The Kier molecular flexibility index (Phi) is 9.47. The predicted molar refractivity (Wildman–Crippen MR) is 121 cm³/mol. The molecule has 1 unspecified atom stereocenters. The second-order valence-electron chi connectivity index (χ2n) is 7.57. The Hall–Kier alpha value is -1.38. The second kappa shape index (κ2) is 11.6. The number of nitrogens with zero attached hydrogens (tertiary/aromatic N) is 2. The predicted octanol–water partition coefficient (Wildman–Crippen LogP) is 3.68. The number of likely N-dealkylation sites (tertiary alicyclic amines) is 1. The van der Waals surface area contributed by atoms with Gasteiger partial charge in [-0.15, -0.1) is 24.0 Å². The molecule has 2 aliphatic rings. The Labute approximate surface area is 184 Å². The van der Waals surface area contributed by atoms with Crippen molar-refractivity contribution >= 4 is 35.8 Å². The Bertz CT molecular complexity index is 646. The number of carbonyl (C=O) groups is 1. The van der Waals surface area contributed by atoms with Gasteiger partial charge in [0.15, 0.2) is 5.96 Å². The maximum atomic E-state index is 13.0. The first-order chi connectivity index (χ1) is 13.2. The summed E-state index contributed by atoms with van der Waals surface area (Å²) in [5, 5.41) is 6.72. The number of halogens is 2. The van der Waals surface area contributed by atoms with Crippen LogP contribution in [0.2, 0.25) is 0 Å². The van der Waals surface area contributed by atoms with Crippen molar-refractivity contribution in [1.82, 2.24) is 15.5 Å². The van der Waals surface area contributed by atoms with Crippen LogP contribution in [-0.4, -0.2) is 42.4 Å². The van der Waals surface area contributed by atoms with Crippen molar-refractivity contribution in [2.24, 2.45) is 10.9 Å². The normalized spacial score (nSPS) is 20.6. The van der Waals surface area contributed by atoms with E-state index in [1.165, 1.54) is 31.4 Å². The van der Waals surface area contributed by atoms with E-state index in [1.54, 1.807) is 12.1 Å². The summed E-state index contributed by atoms with van der Waals surface area (Å²) < 4.78 is 13.0. The summed E-state index contributed by atoms with van der Waals surface area (Å²) in [7, 11) is 0. The summed E-state index contributed by atoms with van der Waals surface area (Å²) in [6.45, 7) is 4.86. The van der Waals surface area contributed by atoms with Gasteiger partial charge in [0.25, 0.3) is 0 Å². The summed E-state index contributed by atoms with van der Waals surface area (Å²) in [4.78, 5) is 19.3. The largest absolute Gasteiger partial charge is 0.357 e. The molecule has 156 valence electrons. The zero-order chi connectivity index (χ0) is 19.1. The van der Waals surface area contributed by atoms with Gasteiger partial charge in [-0.25, -0.2) is 9.38 Å². The average Bonchev–Trinajstić information content (AvgIpc) is 3.16. The fraction of sp³-hybridized carbons (Fsp3) is 0.619. The molecule has 1 aromatic carbocycles. The number of nitrogens with one attached hydrogen (secondary N) is 2. The molecule has 0 radical (unpaired) electrons. The number of aliphatic imine (C=N–C) groups is 1. The molecule has 1 aliphatic carbocycles. The summed E-state index contributed by atoms with van der Waals surface area (Å²) in [5.74, 6) is 1.09. The number of hydrogen-bond donors (Lipinski definition) is 2. The van der Waals surface area contributed by atoms with Gasteiger partial charge in [-0.05, 0) is 43.9 Å². The van der Waals surface area contributed by atoms with Crippen molar-refractivity contribution in [3.05, 3.63) is 35.6 Å². The molecule has 1 heterocycles. The third-order valence-electron chi connectivity index (χ3n) is 5.47. The number of hydrogen-bond acceptors (Lipinski definition) is 2. The van der Waals surface area contributed by atoms with E-state index in [0.29, 0.717) is 12.5 Å².